The zero-order chi connectivity index (χ0) is 15.4. The number of hydrogen-bond donors (Lipinski definition) is 1. The normalized spacial score (nSPS) is 10.6. The summed E-state index contributed by atoms with van der Waals surface area (Å²) in [5.41, 5.74) is 2.04. The van der Waals surface area contributed by atoms with Gasteiger partial charge in [-0.25, -0.2) is 4.98 Å². The molecule has 1 amide bonds. The van der Waals surface area contributed by atoms with Gasteiger partial charge in [0.25, 0.3) is 0 Å². The van der Waals surface area contributed by atoms with Gasteiger partial charge in [0.05, 0.1) is 23.2 Å². The first-order chi connectivity index (χ1) is 10.7. The fourth-order valence-corrected chi connectivity index (χ4v) is 2.96. The summed E-state index contributed by atoms with van der Waals surface area (Å²) in [7, 11) is 0. The van der Waals surface area contributed by atoms with E-state index in [9.17, 15) is 4.79 Å². The Morgan fingerprint density at radius 3 is 2.91 bits per heavy atom. The minimum atomic E-state index is -0.0910. The number of anilines is 1. The number of nitrogens with zero attached hydrogens (tertiary/aromatic N) is 1. The van der Waals surface area contributed by atoms with E-state index in [-0.39, 0.29) is 5.91 Å². The summed E-state index contributed by atoms with van der Waals surface area (Å²) < 4.78 is 6.64. The lowest BCUT2D eigenvalue weighted by Crippen LogP contribution is -2.15. The molecule has 3 aromatic rings. The van der Waals surface area contributed by atoms with Gasteiger partial charge in [-0.2, -0.15) is 0 Å². The number of carbonyl (C=O) groups excluding carboxylic acids is 1. The maximum Gasteiger partial charge on any atom is 0.229 e. The lowest BCUT2D eigenvalue weighted by Gasteiger charge is -2.06. The van der Waals surface area contributed by atoms with Gasteiger partial charge < -0.3 is 10.1 Å². The van der Waals surface area contributed by atoms with Crippen LogP contribution in [0.4, 0.5) is 5.13 Å². The van der Waals surface area contributed by atoms with Gasteiger partial charge in [-0.3, -0.25) is 4.79 Å². The van der Waals surface area contributed by atoms with Crippen molar-refractivity contribution in [3.05, 3.63) is 54.1 Å². The Morgan fingerprint density at radius 2 is 2.09 bits per heavy atom. The maximum absolute atomic E-state index is 11.9. The number of benzene rings is 2. The molecule has 4 nitrogen and oxygen atoms in total. The highest BCUT2D eigenvalue weighted by atomic mass is 32.1. The van der Waals surface area contributed by atoms with Crippen molar-refractivity contribution in [3.8, 4) is 5.75 Å². The first-order valence-corrected chi connectivity index (χ1v) is 7.87. The summed E-state index contributed by atoms with van der Waals surface area (Å²) in [6.07, 6.45) is 0.296. The number of fused-ring (bicyclic) bond motifs is 1. The van der Waals surface area contributed by atoms with Crippen LogP contribution in [0.5, 0.6) is 5.75 Å². The average Bonchev–Trinajstić information content (AvgIpc) is 2.89. The van der Waals surface area contributed by atoms with Crippen LogP contribution in [0.2, 0.25) is 0 Å². The van der Waals surface area contributed by atoms with Gasteiger partial charge in [0.2, 0.25) is 5.91 Å². The van der Waals surface area contributed by atoms with Crippen molar-refractivity contribution in [1.29, 1.82) is 0 Å². The number of ether oxygens (including phenoxy) is 1. The van der Waals surface area contributed by atoms with E-state index in [4.69, 9.17) is 4.74 Å². The summed E-state index contributed by atoms with van der Waals surface area (Å²) in [4.78, 5) is 16.3. The van der Waals surface area contributed by atoms with E-state index in [1.807, 2.05) is 55.5 Å². The van der Waals surface area contributed by atoms with Crippen molar-refractivity contribution in [2.75, 3.05) is 11.9 Å². The lowest BCUT2D eigenvalue weighted by molar-refractivity contribution is -0.116. The van der Waals surface area contributed by atoms with Crippen LogP contribution in [0.1, 0.15) is 12.0 Å². The standard InChI is InChI=1S/C17H16N2O2S/c1-12-5-4-6-13(11-12)21-10-9-16(20)19-17-18-14-7-2-3-8-15(14)22-17/h2-8,11H,9-10H2,1H3,(H,18,19,20). The molecule has 0 saturated carbocycles. The average molecular weight is 312 g/mol. The SMILES string of the molecule is Cc1cccc(OCCC(=O)Nc2nc3ccccc3s2)c1. The second-order valence-corrected chi connectivity index (χ2v) is 5.98. The molecule has 1 N–H and O–H groups in total. The van der Waals surface area contributed by atoms with Crippen molar-refractivity contribution >= 4 is 32.6 Å². The van der Waals surface area contributed by atoms with Crippen molar-refractivity contribution in [3.63, 3.8) is 0 Å². The third kappa shape index (κ3) is 3.62. The summed E-state index contributed by atoms with van der Waals surface area (Å²) >= 11 is 1.47. The molecule has 0 spiro atoms. The Morgan fingerprint density at radius 1 is 1.23 bits per heavy atom. The number of hydrogen-bond acceptors (Lipinski definition) is 4. The number of rotatable bonds is 5. The second kappa shape index (κ2) is 6.58. The van der Waals surface area contributed by atoms with Crippen LogP contribution in [0.25, 0.3) is 10.2 Å². The predicted octanol–water partition coefficient (Wildman–Crippen LogP) is 4.01. The molecular formula is C17H16N2O2S. The Bertz CT molecular complexity index is 765. The molecule has 1 aromatic heterocycles. The van der Waals surface area contributed by atoms with Gasteiger partial charge in [0, 0.05) is 0 Å². The Balaban J connectivity index is 1.52. The summed E-state index contributed by atoms with van der Waals surface area (Å²) in [6.45, 7) is 2.35. The molecule has 0 aliphatic heterocycles. The smallest absolute Gasteiger partial charge is 0.229 e. The minimum Gasteiger partial charge on any atom is -0.493 e. The van der Waals surface area contributed by atoms with Gasteiger partial charge in [0.1, 0.15) is 5.75 Å². The molecule has 0 radical (unpaired) electrons. The number of thiazole rings is 1. The summed E-state index contributed by atoms with van der Waals surface area (Å²) in [6, 6.07) is 15.6. The molecular weight excluding hydrogens is 296 g/mol. The highest BCUT2D eigenvalue weighted by Gasteiger charge is 2.07. The highest BCUT2D eigenvalue weighted by Crippen LogP contribution is 2.25. The molecule has 0 fully saturated rings. The van der Waals surface area contributed by atoms with E-state index in [1.165, 1.54) is 11.3 Å². The van der Waals surface area contributed by atoms with Crippen LogP contribution < -0.4 is 10.1 Å². The van der Waals surface area contributed by atoms with Crippen LogP contribution in [0.15, 0.2) is 48.5 Å². The number of aryl methyl sites for hydroxylation is 1. The predicted molar refractivity (Wildman–Crippen MR) is 89.5 cm³/mol. The molecule has 0 unspecified atom stereocenters. The van der Waals surface area contributed by atoms with Crippen molar-refractivity contribution in [2.24, 2.45) is 0 Å². The fraction of sp³-hybridized carbons (Fsp3) is 0.176. The quantitative estimate of drug-likeness (QED) is 0.774. The van der Waals surface area contributed by atoms with E-state index in [0.717, 1.165) is 21.5 Å². The third-order valence-corrected chi connectivity index (χ3v) is 4.08. The van der Waals surface area contributed by atoms with Gasteiger partial charge in [-0.15, -0.1) is 0 Å². The van der Waals surface area contributed by atoms with E-state index in [2.05, 4.69) is 10.3 Å². The number of aromatic nitrogens is 1. The van der Waals surface area contributed by atoms with Gasteiger partial charge >= 0.3 is 0 Å². The molecule has 1 heterocycles. The number of nitrogens with one attached hydrogen (secondary N) is 1. The van der Waals surface area contributed by atoms with Crippen LogP contribution in [0, 0.1) is 6.92 Å². The van der Waals surface area contributed by atoms with Gasteiger partial charge in [-0.05, 0) is 36.8 Å². The zero-order valence-corrected chi connectivity index (χ0v) is 13.0. The Labute approximate surface area is 132 Å². The minimum absolute atomic E-state index is 0.0910. The fourth-order valence-electron chi connectivity index (χ4n) is 2.07. The van der Waals surface area contributed by atoms with E-state index >= 15 is 0 Å². The number of para-hydroxylation sites is 1. The molecule has 2 aromatic carbocycles. The van der Waals surface area contributed by atoms with Crippen LogP contribution in [-0.4, -0.2) is 17.5 Å². The van der Waals surface area contributed by atoms with Crippen molar-refractivity contribution in [2.45, 2.75) is 13.3 Å². The molecule has 5 heteroatoms. The molecule has 22 heavy (non-hydrogen) atoms. The monoisotopic (exact) mass is 312 g/mol. The molecule has 0 bridgehead atoms. The first kappa shape index (κ1) is 14.5. The largest absolute Gasteiger partial charge is 0.493 e. The third-order valence-electron chi connectivity index (χ3n) is 3.13. The molecule has 0 saturated heterocycles. The molecule has 0 aliphatic carbocycles. The van der Waals surface area contributed by atoms with Gasteiger partial charge in [0.15, 0.2) is 5.13 Å². The molecule has 0 aliphatic rings. The van der Waals surface area contributed by atoms with Crippen LogP contribution in [0.3, 0.4) is 0 Å². The number of amides is 1. The summed E-state index contributed by atoms with van der Waals surface area (Å²) in [5.74, 6) is 0.694. The Hall–Kier alpha value is -2.40. The van der Waals surface area contributed by atoms with Crippen molar-refractivity contribution in [1.82, 2.24) is 4.98 Å². The van der Waals surface area contributed by atoms with E-state index in [0.29, 0.717) is 18.2 Å². The van der Waals surface area contributed by atoms with E-state index in [1.54, 1.807) is 0 Å². The Kier molecular flexibility index (Phi) is 4.34. The molecule has 112 valence electrons. The lowest BCUT2D eigenvalue weighted by atomic mass is 10.2. The van der Waals surface area contributed by atoms with Crippen LogP contribution >= 0.6 is 11.3 Å². The van der Waals surface area contributed by atoms with Crippen LogP contribution in [-0.2, 0) is 4.79 Å². The topological polar surface area (TPSA) is 51.2 Å². The molecule has 3 rings (SSSR count). The maximum atomic E-state index is 11.9. The zero-order valence-electron chi connectivity index (χ0n) is 12.2. The van der Waals surface area contributed by atoms with Crippen molar-refractivity contribution < 1.29 is 9.53 Å². The van der Waals surface area contributed by atoms with Gasteiger partial charge in [-0.1, -0.05) is 35.6 Å². The summed E-state index contributed by atoms with van der Waals surface area (Å²) in [5, 5.41) is 3.44. The number of carbonyl (C=O) groups is 1. The second-order valence-electron chi connectivity index (χ2n) is 4.95. The first-order valence-electron chi connectivity index (χ1n) is 7.05. The highest BCUT2D eigenvalue weighted by molar-refractivity contribution is 7.22. The van der Waals surface area contributed by atoms with E-state index < -0.39 is 0 Å². The molecule has 0 atom stereocenters.